The first-order valence-corrected chi connectivity index (χ1v) is 9.89. The van der Waals surface area contributed by atoms with E-state index in [1.165, 1.54) is 11.1 Å². The molecule has 0 bridgehead atoms. The van der Waals surface area contributed by atoms with Crippen LogP contribution in [0.15, 0.2) is 12.1 Å². The first-order chi connectivity index (χ1) is 12.4. The summed E-state index contributed by atoms with van der Waals surface area (Å²) in [5.74, 6) is 0.972. The second-order valence-electron chi connectivity index (χ2n) is 8.75. The summed E-state index contributed by atoms with van der Waals surface area (Å²) in [4.78, 5) is 15.5. The Labute approximate surface area is 156 Å². The zero-order valence-corrected chi connectivity index (χ0v) is 16.1. The fourth-order valence-electron chi connectivity index (χ4n) is 4.26. The number of nitrogens with zero attached hydrogens (tertiary/aromatic N) is 1. The average Bonchev–Trinajstić information content (AvgIpc) is 2.84. The summed E-state index contributed by atoms with van der Waals surface area (Å²) in [6.07, 6.45) is 3.35. The zero-order valence-electron chi connectivity index (χ0n) is 16.1. The number of rotatable bonds is 1. The molecular weight excluding hydrogens is 328 g/mol. The molecule has 0 aromatic heterocycles. The lowest BCUT2D eigenvalue weighted by Crippen LogP contribution is -2.56. The van der Waals surface area contributed by atoms with Crippen molar-refractivity contribution >= 4 is 11.6 Å². The van der Waals surface area contributed by atoms with Gasteiger partial charge in [0.1, 0.15) is 5.75 Å². The van der Waals surface area contributed by atoms with Crippen LogP contribution in [0.1, 0.15) is 44.7 Å². The standard InChI is InChI=1S/C21H30N2O3/c1-21(2,3)19-20(24)23(16-6-10-25-11-7-16)17-12-14-4-8-22-9-5-15(14)13-18(17)26-19/h12-13,16,19,22H,4-11H2,1-3H3. The summed E-state index contributed by atoms with van der Waals surface area (Å²) in [6.45, 7) is 9.67. The van der Waals surface area contributed by atoms with Crippen LogP contribution in [0.3, 0.4) is 0 Å². The van der Waals surface area contributed by atoms with Gasteiger partial charge in [-0.1, -0.05) is 20.8 Å². The van der Waals surface area contributed by atoms with Crippen molar-refractivity contribution in [2.24, 2.45) is 5.41 Å². The third kappa shape index (κ3) is 3.23. The minimum absolute atomic E-state index is 0.101. The summed E-state index contributed by atoms with van der Waals surface area (Å²) in [6, 6.07) is 4.60. The van der Waals surface area contributed by atoms with Crippen molar-refractivity contribution in [3.05, 3.63) is 23.3 Å². The lowest BCUT2D eigenvalue weighted by atomic mass is 9.86. The fraction of sp³-hybridized carbons (Fsp3) is 0.667. The van der Waals surface area contributed by atoms with Crippen LogP contribution in [0.5, 0.6) is 5.75 Å². The second kappa shape index (κ2) is 6.86. The van der Waals surface area contributed by atoms with Crippen LogP contribution < -0.4 is 15.0 Å². The van der Waals surface area contributed by atoms with Crippen molar-refractivity contribution in [2.75, 3.05) is 31.2 Å². The molecule has 0 radical (unpaired) electrons. The van der Waals surface area contributed by atoms with E-state index in [0.29, 0.717) is 0 Å². The number of fused-ring (bicyclic) bond motifs is 2. The predicted octanol–water partition coefficient (Wildman–Crippen LogP) is 2.69. The third-order valence-electron chi connectivity index (χ3n) is 5.73. The normalized spacial score (nSPS) is 24.5. The third-order valence-corrected chi connectivity index (χ3v) is 5.73. The minimum Gasteiger partial charge on any atom is -0.478 e. The van der Waals surface area contributed by atoms with Gasteiger partial charge in [-0.3, -0.25) is 4.79 Å². The number of nitrogens with one attached hydrogen (secondary N) is 1. The van der Waals surface area contributed by atoms with E-state index >= 15 is 0 Å². The van der Waals surface area contributed by atoms with Gasteiger partial charge in [0, 0.05) is 24.7 Å². The van der Waals surface area contributed by atoms with Gasteiger partial charge in [-0.15, -0.1) is 0 Å². The molecule has 5 nitrogen and oxygen atoms in total. The topological polar surface area (TPSA) is 50.8 Å². The number of carbonyl (C=O) groups is 1. The molecule has 1 unspecified atom stereocenters. The molecule has 1 atom stereocenters. The molecular formula is C21H30N2O3. The lowest BCUT2D eigenvalue weighted by molar-refractivity contribution is -0.132. The summed E-state index contributed by atoms with van der Waals surface area (Å²) in [7, 11) is 0. The lowest BCUT2D eigenvalue weighted by Gasteiger charge is -2.44. The zero-order chi connectivity index (χ0) is 18.3. The predicted molar refractivity (Wildman–Crippen MR) is 102 cm³/mol. The quantitative estimate of drug-likeness (QED) is 0.839. The summed E-state index contributed by atoms with van der Waals surface area (Å²) < 4.78 is 11.8. The number of hydrogen-bond acceptors (Lipinski definition) is 4. The largest absolute Gasteiger partial charge is 0.478 e. The van der Waals surface area contributed by atoms with E-state index < -0.39 is 6.10 Å². The van der Waals surface area contributed by atoms with Crippen molar-refractivity contribution in [3.63, 3.8) is 0 Å². The molecule has 1 aromatic rings. The molecule has 1 fully saturated rings. The maximum atomic E-state index is 13.4. The molecule has 0 aliphatic carbocycles. The molecule has 26 heavy (non-hydrogen) atoms. The van der Waals surface area contributed by atoms with Crippen LogP contribution in [0.2, 0.25) is 0 Å². The number of ether oxygens (including phenoxy) is 2. The molecule has 3 heterocycles. The monoisotopic (exact) mass is 358 g/mol. The molecule has 3 aliphatic rings. The Balaban J connectivity index is 1.79. The molecule has 1 saturated heterocycles. The molecule has 5 heteroatoms. The van der Waals surface area contributed by atoms with E-state index in [4.69, 9.17) is 9.47 Å². The maximum absolute atomic E-state index is 13.4. The molecule has 3 aliphatic heterocycles. The van der Waals surface area contributed by atoms with E-state index in [2.05, 4.69) is 38.2 Å². The van der Waals surface area contributed by atoms with Crippen LogP contribution in [-0.4, -0.2) is 44.4 Å². The summed E-state index contributed by atoms with van der Waals surface area (Å²) in [5, 5.41) is 3.46. The van der Waals surface area contributed by atoms with Crippen LogP contribution in [0.4, 0.5) is 5.69 Å². The van der Waals surface area contributed by atoms with Gasteiger partial charge in [-0.2, -0.15) is 0 Å². The van der Waals surface area contributed by atoms with Gasteiger partial charge >= 0.3 is 0 Å². The van der Waals surface area contributed by atoms with Crippen LogP contribution in [0, 0.1) is 5.41 Å². The molecule has 0 saturated carbocycles. The SMILES string of the molecule is CC(C)(C)C1Oc2cc3c(cc2N(C2CCOCC2)C1=O)CCNCC3. The molecule has 142 valence electrons. The molecule has 1 N–H and O–H groups in total. The Morgan fingerprint density at radius 1 is 1.08 bits per heavy atom. The number of benzene rings is 1. The Kier molecular flexibility index (Phi) is 4.70. The Bertz CT molecular complexity index is 689. The molecule has 1 amide bonds. The summed E-state index contributed by atoms with van der Waals surface area (Å²) in [5.41, 5.74) is 3.41. The second-order valence-corrected chi connectivity index (χ2v) is 8.75. The van der Waals surface area contributed by atoms with Gasteiger partial charge in [-0.25, -0.2) is 0 Å². The first kappa shape index (κ1) is 17.8. The van der Waals surface area contributed by atoms with Crippen molar-refractivity contribution in [2.45, 2.75) is 58.6 Å². The smallest absolute Gasteiger partial charge is 0.268 e. The number of hydrogen-bond donors (Lipinski definition) is 1. The maximum Gasteiger partial charge on any atom is 0.268 e. The average molecular weight is 358 g/mol. The van der Waals surface area contributed by atoms with Gasteiger partial charge in [0.05, 0.1) is 5.69 Å². The highest BCUT2D eigenvalue weighted by atomic mass is 16.5. The number of amides is 1. The van der Waals surface area contributed by atoms with Crippen molar-refractivity contribution < 1.29 is 14.3 Å². The van der Waals surface area contributed by atoms with Crippen LogP contribution in [0.25, 0.3) is 0 Å². The Hall–Kier alpha value is -1.59. The Morgan fingerprint density at radius 3 is 2.38 bits per heavy atom. The van der Waals surface area contributed by atoms with Crippen molar-refractivity contribution in [1.29, 1.82) is 0 Å². The highest BCUT2D eigenvalue weighted by Crippen LogP contribution is 2.43. The van der Waals surface area contributed by atoms with Crippen LogP contribution in [-0.2, 0) is 22.4 Å². The van der Waals surface area contributed by atoms with Crippen molar-refractivity contribution in [1.82, 2.24) is 5.32 Å². The van der Waals surface area contributed by atoms with Crippen LogP contribution >= 0.6 is 0 Å². The number of anilines is 1. The van der Waals surface area contributed by atoms with E-state index in [-0.39, 0.29) is 17.4 Å². The fourth-order valence-corrected chi connectivity index (χ4v) is 4.26. The van der Waals surface area contributed by atoms with Crippen molar-refractivity contribution in [3.8, 4) is 5.75 Å². The highest BCUT2D eigenvalue weighted by molar-refractivity contribution is 6.01. The van der Waals surface area contributed by atoms with E-state index in [0.717, 1.165) is 63.4 Å². The summed E-state index contributed by atoms with van der Waals surface area (Å²) >= 11 is 0. The first-order valence-electron chi connectivity index (χ1n) is 9.89. The van der Waals surface area contributed by atoms with Gasteiger partial charge in [-0.05, 0) is 62.0 Å². The van der Waals surface area contributed by atoms with Gasteiger partial charge in [0.2, 0.25) is 0 Å². The minimum atomic E-state index is -0.445. The molecule has 4 rings (SSSR count). The Morgan fingerprint density at radius 2 is 1.73 bits per heavy atom. The molecule has 0 spiro atoms. The van der Waals surface area contributed by atoms with E-state index in [1.54, 1.807) is 0 Å². The van der Waals surface area contributed by atoms with Gasteiger partial charge in [0.15, 0.2) is 6.10 Å². The number of carbonyl (C=O) groups excluding carboxylic acids is 1. The molecule has 1 aromatic carbocycles. The van der Waals surface area contributed by atoms with Gasteiger partial charge in [0.25, 0.3) is 5.91 Å². The van der Waals surface area contributed by atoms with E-state index in [9.17, 15) is 4.79 Å². The van der Waals surface area contributed by atoms with E-state index in [1.807, 2.05) is 4.90 Å². The van der Waals surface area contributed by atoms with Gasteiger partial charge < -0.3 is 19.7 Å². The highest BCUT2D eigenvalue weighted by Gasteiger charge is 2.44.